The number of nitrogens with zero attached hydrogens (tertiary/aromatic N) is 2. The van der Waals surface area contributed by atoms with E-state index in [0.717, 1.165) is 39.6 Å². The number of hydrogen-bond acceptors (Lipinski definition) is 3. The van der Waals surface area contributed by atoms with Crippen molar-refractivity contribution in [2.75, 3.05) is 0 Å². The first kappa shape index (κ1) is 18.1. The van der Waals surface area contributed by atoms with Crippen LogP contribution in [-0.4, -0.2) is 9.97 Å². The van der Waals surface area contributed by atoms with Crippen LogP contribution in [0.15, 0.2) is 83.4 Å². The van der Waals surface area contributed by atoms with E-state index in [1.165, 1.54) is 21.7 Å². The first-order valence-corrected chi connectivity index (χ1v) is 10.8. The predicted molar refractivity (Wildman–Crippen MR) is 128 cm³/mol. The van der Waals surface area contributed by atoms with E-state index in [-0.39, 0.29) is 0 Å². The maximum absolute atomic E-state index is 6.23. The quantitative estimate of drug-likeness (QED) is 0.287. The molecule has 0 spiro atoms. The summed E-state index contributed by atoms with van der Waals surface area (Å²) in [6.45, 7) is 4.50. The fraction of sp³-hybridized carbons (Fsp3) is 0.143. The minimum atomic E-state index is 0.567. The van der Waals surface area contributed by atoms with E-state index in [2.05, 4.69) is 85.6 Å². The number of hydrogen-bond donors (Lipinski definition) is 0. The van der Waals surface area contributed by atoms with E-state index < -0.39 is 0 Å². The average molecular weight is 402 g/mol. The van der Waals surface area contributed by atoms with Crippen molar-refractivity contribution in [3.63, 3.8) is 0 Å². The van der Waals surface area contributed by atoms with Gasteiger partial charge in [0.25, 0.3) is 0 Å². The number of aromatic nitrogens is 2. The third kappa shape index (κ3) is 2.97. The first-order chi connectivity index (χ1) is 15.2. The second kappa shape index (κ2) is 6.92. The van der Waals surface area contributed by atoms with Gasteiger partial charge in [0.2, 0.25) is 5.71 Å². The largest absolute Gasteiger partial charge is 0.437 e. The summed E-state index contributed by atoms with van der Waals surface area (Å²) in [4.78, 5) is 9.50. The zero-order valence-corrected chi connectivity index (χ0v) is 17.6. The first-order valence-electron chi connectivity index (χ1n) is 10.8. The van der Waals surface area contributed by atoms with Crippen LogP contribution in [0.1, 0.15) is 19.4 Å². The van der Waals surface area contributed by atoms with Crippen LogP contribution in [-0.2, 0) is 6.42 Å². The second-order valence-electron chi connectivity index (χ2n) is 8.63. The number of pyridine rings is 2. The van der Waals surface area contributed by atoms with Crippen LogP contribution in [0, 0.1) is 5.92 Å². The molecule has 0 unspecified atom stereocenters. The molecule has 0 saturated heterocycles. The van der Waals surface area contributed by atoms with E-state index in [1.54, 1.807) is 6.20 Å². The van der Waals surface area contributed by atoms with E-state index in [0.29, 0.717) is 11.6 Å². The van der Waals surface area contributed by atoms with Crippen molar-refractivity contribution in [3.8, 4) is 11.3 Å². The van der Waals surface area contributed by atoms with Crippen LogP contribution >= 0.6 is 0 Å². The summed E-state index contributed by atoms with van der Waals surface area (Å²) in [5, 5.41) is 5.79. The molecule has 3 heterocycles. The Morgan fingerprint density at radius 3 is 2.58 bits per heavy atom. The van der Waals surface area contributed by atoms with Crippen molar-refractivity contribution in [2.24, 2.45) is 5.92 Å². The molecule has 0 aliphatic heterocycles. The molecule has 0 saturated carbocycles. The fourth-order valence-corrected chi connectivity index (χ4v) is 4.59. The van der Waals surface area contributed by atoms with E-state index in [1.807, 2.05) is 6.07 Å². The SMILES string of the molecule is CC(C)Cc1cc(-c2ccc3c(ccc4ccccc43)n2)c2oc3ncccc3c2c1. The average Bonchev–Trinajstić information content (AvgIpc) is 3.16. The van der Waals surface area contributed by atoms with Crippen LogP contribution in [0.3, 0.4) is 0 Å². The van der Waals surface area contributed by atoms with Crippen molar-refractivity contribution in [1.29, 1.82) is 0 Å². The lowest BCUT2D eigenvalue weighted by molar-refractivity contribution is 0.644. The van der Waals surface area contributed by atoms with Crippen molar-refractivity contribution in [2.45, 2.75) is 20.3 Å². The topological polar surface area (TPSA) is 38.9 Å². The molecule has 3 aromatic carbocycles. The summed E-state index contributed by atoms with van der Waals surface area (Å²) in [5.41, 5.74) is 5.78. The van der Waals surface area contributed by atoms with Gasteiger partial charge in [-0.1, -0.05) is 50.2 Å². The van der Waals surface area contributed by atoms with Crippen LogP contribution < -0.4 is 0 Å². The summed E-state index contributed by atoms with van der Waals surface area (Å²) in [5.74, 6) is 0.567. The lowest BCUT2D eigenvalue weighted by Crippen LogP contribution is -1.95. The van der Waals surface area contributed by atoms with E-state index >= 15 is 0 Å². The van der Waals surface area contributed by atoms with Gasteiger partial charge in [-0.3, -0.25) is 0 Å². The summed E-state index contributed by atoms with van der Waals surface area (Å²) in [7, 11) is 0. The molecule has 0 radical (unpaired) electrons. The van der Waals surface area contributed by atoms with Gasteiger partial charge in [-0.15, -0.1) is 0 Å². The van der Waals surface area contributed by atoms with Crippen molar-refractivity contribution < 1.29 is 4.42 Å². The molecule has 3 heteroatoms. The predicted octanol–water partition coefficient (Wildman–Crippen LogP) is 7.55. The van der Waals surface area contributed by atoms with Gasteiger partial charge in [0.15, 0.2) is 0 Å². The highest BCUT2D eigenvalue weighted by Gasteiger charge is 2.16. The second-order valence-corrected chi connectivity index (χ2v) is 8.63. The van der Waals surface area contributed by atoms with Crippen LogP contribution in [0.5, 0.6) is 0 Å². The normalized spacial score (nSPS) is 12.0. The van der Waals surface area contributed by atoms with Gasteiger partial charge >= 0.3 is 0 Å². The van der Waals surface area contributed by atoms with Crippen molar-refractivity contribution in [1.82, 2.24) is 9.97 Å². The Morgan fingerprint density at radius 1 is 0.806 bits per heavy atom. The van der Waals surface area contributed by atoms with Crippen LogP contribution in [0.2, 0.25) is 0 Å². The van der Waals surface area contributed by atoms with Gasteiger partial charge in [-0.2, -0.15) is 0 Å². The highest BCUT2D eigenvalue weighted by atomic mass is 16.3. The summed E-state index contributed by atoms with van der Waals surface area (Å²) < 4.78 is 6.23. The molecule has 31 heavy (non-hydrogen) atoms. The minimum Gasteiger partial charge on any atom is -0.437 e. The monoisotopic (exact) mass is 402 g/mol. The van der Waals surface area contributed by atoms with Gasteiger partial charge in [0.1, 0.15) is 5.58 Å². The molecule has 0 atom stereocenters. The number of rotatable bonds is 3. The third-order valence-corrected chi connectivity index (χ3v) is 5.93. The van der Waals surface area contributed by atoms with Gasteiger partial charge in [-0.25, -0.2) is 9.97 Å². The lowest BCUT2D eigenvalue weighted by Gasteiger charge is -2.10. The van der Waals surface area contributed by atoms with E-state index in [9.17, 15) is 0 Å². The molecule has 0 amide bonds. The number of benzene rings is 3. The lowest BCUT2D eigenvalue weighted by atomic mass is 9.96. The zero-order valence-electron chi connectivity index (χ0n) is 17.6. The van der Waals surface area contributed by atoms with Crippen molar-refractivity contribution in [3.05, 3.63) is 84.6 Å². The smallest absolute Gasteiger partial charge is 0.227 e. The molecule has 0 N–H and O–H groups in total. The molecule has 0 aliphatic rings. The molecule has 6 aromatic rings. The minimum absolute atomic E-state index is 0.567. The summed E-state index contributed by atoms with van der Waals surface area (Å²) in [6, 6.07) is 25.5. The molecule has 150 valence electrons. The number of fused-ring (bicyclic) bond motifs is 6. The molecule has 0 fully saturated rings. The fourth-order valence-electron chi connectivity index (χ4n) is 4.59. The van der Waals surface area contributed by atoms with Gasteiger partial charge in [-0.05, 0) is 65.1 Å². The molecular formula is C28H22N2O. The highest BCUT2D eigenvalue weighted by Crippen LogP contribution is 2.37. The molecule has 3 nitrogen and oxygen atoms in total. The Morgan fingerprint density at radius 2 is 1.68 bits per heavy atom. The third-order valence-electron chi connectivity index (χ3n) is 5.93. The molecule has 6 rings (SSSR count). The Bertz CT molecular complexity index is 1590. The maximum atomic E-state index is 6.23. The Labute approximate surface area is 180 Å². The maximum Gasteiger partial charge on any atom is 0.227 e. The van der Waals surface area contributed by atoms with Gasteiger partial charge < -0.3 is 4.42 Å². The Balaban J connectivity index is 1.63. The zero-order chi connectivity index (χ0) is 20.9. The Kier molecular flexibility index (Phi) is 4.03. The van der Waals surface area contributed by atoms with Crippen LogP contribution in [0.4, 0.5) is 0 Å². The van der Waals surface area contributed by atoms with Crippen LogP contribution in [0.25, 0.3) is 55.0 Å². The highest BCUT2D eigenvalue weighted by molar-refractivity contribution is 6.10. The molecule has 0 bridgehead atoms. The summed E-state index contributed by atoms with van der Waals surface area (Å²) >= 11 is 0. The van der Waals surface area contributed by atoms with E-state index in [4.69, 9.17) is 9.40 Å². The standard InChI is InChI=1S/C28H22N2O/c1-17(2)14-18-15-23-22-8-5-13-29-28(22)31-27(23)24(16-18)26-12-10-21-20-7-4-3-6-19(20)9-11-25(21)30-26/h3-13,15-17H,14H2,1-2H3. The Hall–Kier alpha value is -3.72. The van der Waals surface area contributed by atoms with Crippen molar-refractivity contribution >= 4 is 43.7 Å². The summed E-state index contributed by atoms with van der Waals surface area (Å²) in [6.07, 6.45) is 2.78. The van der Waals surface area contributed by atoms with Gasteiger partial charge in [0, 0.05) is 27.9 Å². The molecule has 0 aliphatic carbocycles. The molecular weight excluding hydrogens is 380 g/mol. The van der Waals surface area contributed by atoms with Gasteiger partial charge in [0.05, 0.1) is 11.2 Å². The number of furan rings is 1. The molecule has 3 aromatic heterocycles.